The number of ether oxygens (including phenoxy) is 2. The third kappa shape index (κ3) is 13.0. The largest absolute Gasteiger partial charge is 0.382 e. The van der Waals surface area contributed by atoms with E-state index >= 15 is 0 Å². The number of rotatable bonds is 20. The first-order valence-corrected chi connectivity index (χ1v) is 16.4. The fraction of sp³-hybridized carbons (Fsp3) is 0.567. The van der Waals surface area contributed by atoms with Gasteiger partial charge in [0.25, 0.3) is 0 Å². The van der Waals surface area contributed by atoms with Crippen LogP contribution in [0.1, 0.15) is 76.7 Å². The summed E-state index contributed by atoms with van der Waals surface area (Å²) >= 11 is 0. The molecule has 1 unspecified atom stereocenters. The molecule has 0 spiro atoms. The number of halogens is 1. The molecule has 0 saturated heterocycles. The minimum Gasteiger partial charge on any atom is -0.382 e. The molecule has 230 valence electrons. The van der Waals surface area contributed by atoms with Crippen molar-refractivity contribution < 1.29 is 27.8 Å². The maximum Gasteiger partial charge on any atom is 0.353 e. The van der Waals surface area contributed by atoms with Gasteiger partial charge in [0, 0.05) is 18.6 Å². The monoisotopic (exact) mass is 603 g/mol. The number of hydrogen-bond acceptors (Lipinski definition) is 8. The first-order chi connectivity index (χ1) is 20.3. The maximum absolute atomic E-state index is 13.1. The number of aromatic nitrogens is 4. The molecule has 2 atom stereocenters. The van der Waals surface area contributed by atoms with E-state index in [1.165, 1.54) is 57.0 Å². The van der Waals surface area contributed by atoms with E-state index in [2.05, 4.69) is 26.8 Å². The Morgan fingerprint density at radius 1 is 1.02 bits per heavy atom. The number of nitrogen functional groups attached to an aromatic ring is 1. The quantitative estimate of drug-likeness (QED) is 0.0895. The number of anilines is 1. The molecule has 0 saturated carbocycles. The predicted octanol–water partition coefficient (Wildman–Crippen LogP) is 6.08. The SMILES string of the molecule is C[C@H](Cn1cnc2c(N)ncnc21)OCP(=O)(O)OCCOCCCCCCCCCCCC#Cc1cccc(F)c1. The van der Waals surface area contributed by atoms with Crippen LogP contribution >= 0.6 is 7.60 Å². The van der Waals surface area contributed by atoms with E-state index < -0.39 is 13.9 Å². The molecule has 42 heavy (non-hydrogen) atoms. The van der Waals surface area contributed by atoms with Gasteiger partial charge < -0.3 is 29.2 Å². The van der Waals surface area contributed by atoms with Crippen molar-refractivity contribution in [2.24, 2.45) is 0 Å². The Morgan fingerprint density at radius 3 is 2.52 bits per heavy atom. The molecule has 1 aromatic carbocycles. The van der Waals surface area contributed by atoms with Crippen LogP contribution in [-0.4, -0.2) is 56.7 Å². The van der Waals surface area contributed by atoms with E-state index in [-0.39, 0.29) is 25.1 Å². The number of fused-ring (bicyclic) bond motifs is 1. The minimum absolute atomic E-state index is 0.0320. The third-order valence-electron chi connectivity index (χ3n) is 6.57. The Bertz CT molecular complexity index is 1330. The van der Waals surface area contributed by atoms with Crippen molar-refractivity contribution in [2.45, 2.75) is 83.8 Å². The Hall–Kier alpha value is -2.87. The van der Waals surface area contributed by atoms with Crippen LogP contribution in [-0.2, 0) is 25.1 Å². The minimum atomic E-state index is -3.89. The Kier molecular flexibility index (Phi) is 14.9. The predicted molar refractivity (Wildman–Crippen MR) is 161 cm³/mol. The van der Waals surface area contributed by atoms with E-state index in [0.29, 0.717) is 30.1 Å². The molecule has 0 aliphatic carbocycles. The van der Waals surface area contributed by atoms with Gasteiger partial charge >= 0.3 is 7.60 Å². The van der Waals surface area contributed by atoms with Crippen molar-refractivity contribution in [3.8, 4) is 11.8 Å². The van der Waals surface area contributed by atoms with Crippen molar-refractivity contribution in [1.29, 1.82) is 0 Å². The number of nitrogens with zero attached hydrogens (tertiary/aromatic N) is 4. The molecular formula is C30H43FN5O5P. The molecule has 0 amide bonds. The van der Waals surface area contributed by atoms with Crippen molar-refractivity contribution in [1.82, 2.24) is 19.5 Å². The highest BCUT2D eigenvalue weighted by Crippen LogP contribution is 2.41. The molecule has 0 radical (unpaired) electrons. The lowest BCUT2D eigenvalue weighted by Crippen LogP contribution is -2.18. The molecule has 2 heterocycles. The van der Waals surface area contributed by atoms with Crippen LogP contribution in [0.15, 0.2) is 36.9 Å². The van der Waals surface area contributed by atoms with Crippen LogP contribution in [0.25, 0.3) is 11.2 Å². The van der Waals surface area contributed by atoms with E-state index in [1.807, 2.05) is 6.07 Å². The number of hydrogen-bond donors (Lipinski definition) is 2. The molecule has 0 fully saturated rings. The summed E-state index contributed by atoms with van der Waals surface area (Å²) in [6, 6.07) is 6.40. The summed E-state index contributed by atoms with van der Waals surface area (Å²) in [5, 5.41) is 0. The zero-order valence-corrected chi connectivity index (χ0v) is 25.3. The summed E-state index contributed by atoms with van der Waals surface area (Å²) in [7, 11) is -3.89. The van der Waals surface area contributed by atoms with Gasteiger partial charge in [-0.15, -0.1) is 0 Å². The van der Waals surface area contributed by atoms with Gasteiger partial charge in [-0.2, -0.15) is 0 Å². The second-order valence-electron chi connectivity index (χ2n) is 10.3. The normalized spacial score (nSPS) is 13.5. The number of imidazole rings is 1. The summed E-state index contributed by atoms with van der Waals surface area (Å²) in [5.74, 6) is 6.19. The van der Waals surface area contributed by atoms with Gasteiger partial charge in [0.15, 0.2) is 11.5 Å². The van der Waals surface area contributed by atoms with Crippen LogP contribution in [0, 0.1) is 17.7 Å². The van der Waals surface area contributed by atoms with E-state index in [9.17, 15) is 13.8 Å². The zero-order chi connectivity index (χ0) is 30.0. The number of benzene rings is 1. The summed E-state index contributed by atoms with van der Waals surface area (Å²) in [5.41, 5.74) is 7.61. The van der Waals surface area contributed by atoms with E-state index in [1.54, 1.807) is 23.9 Å². The van der Waals surface area contributed by atoms with Gasteiger partial charge in [-0.25, -0.2) is 19.3 Å². The average Bonchev–Trinajstić information content (AvgIpc) is 3.37. The summed E-state index contributed by atoms with van der Waals surface area (Å²) in [6.07, 6.45) is 13.4. The van der Waals surface area contributed by atoms with Gasteiger partial charge in [-0.1, -0.05) is 62.9 Å². The van der Waals surface area contributed by atoms with Gasteiger partial charge in [-0.05, 0) is 38.0 Å². The van der Waals surface area contributed by atoms with Crippen molar-refractivity contribution in [3.63, 3.8) is 0 Å². The molecule has 3 N–H and O–H groups in total. The van der Waals surface area contributed by atoms with Gasteiger partial charge in [0.1, 0.15) is 24.0 Å². The molecule has 10 nitrogen and oxygen atoms in total. The van der Waals surface area contributed by atoms with Crippen LogP contribution in [0.4, 0.5) is 10.2 Å². The highest BCUT2D eigenvalue weighted by Gasteiger charge is 2.21. The summed E-state index contributed by atoms with van der Waals surface area (Å²) in [4.78, 5) is 22.3. The molecule has 3 rings (SSSR count). The molecule has 2 aromatic heterocycles. The highest BCUT2D eigenvalue weighted by atomic mass is 31.2. The Morgan fingerprint density at radius 2 is 1.76 bits per heavy atom. The summed E-state index contributed by atoms with van der Waals surface area (Å²) < 4.78 is 43.4. The lowest BCUT2D eigenvalue weighted by molar-refractivity contribution is 0.0610. The fourth-order valence-corrected chi connectivity index (χ4v) is 5.22. The van der Waals surface area contributed by atoms with Crippen LogP contribution in [0.3, 0.4) is 0 Å². The lowest BCUT2D eigenvalue weighted by Gasteiger charge is -2.17. The standard InChI is InChI=1S/C30H43FN5O5P/c1-25(21-36-23-35-28-29(32)33-22-34-30(28)36)40-24-42(37,38)41-19-18-39-17-12-10-8-6-4-2-3-5-7-9-11-14-26-15-13-16-27(31)20-26/h13,15-16,20,22-23,25H,2-10,12,17-19,21,24H2,1H3,(H,37,38)(H2,32,33,34)/t25-/m1/s1. The lowest BCUT2D eigenvalue weighted by atomic mass is 10.1. The second kappa shape index (κ2) is 18.6. The average molecular weight is 604 g/mol. The van der Waals surface area contributed by atoms with Crippen LogP contribution < -0.4 is 5.73 Å². The van der Waals surface area contributed by atoms with Crippen molar-refractivity contribution in [2.75, 3.05) is 31.9 Å². The second-order valence-corrected chi connectivity index (χ2v) is 12.1. The maximum atomic E-state index is 13.1. The molecule has 0 aliphatic heterocycles. The molecular weight excluding hydrogens is 560 g/mol. The van der Waals surface area contributed by atoms with Gasteiger partial charge in [0.05, 0.1) is 32.2 Å². The Balaban J connectivity index is 1.10. The topological polar surface area (TPSA) is 135 Å². The van der Waals surface area contributed by atoms with Crippen LogP contribution in [0.2, 0.25) is 0 Å². The number of unbranched alkanes of at least 4 members (excludes halogenated alkanes) is 9. The molecule has 0 bridgehead atoms. The molecule has 0 aliphatic rings. The van der Waals surface area contributed by atoms with Crippen molar-refractivity contribution in [3.05, 3.63) is 48.3 Å². The van der Waals surface area contributed by atoms with Gasteiger partial charge in [-0.3, -0.25) is 4.57 Å². The first kappa shape index (κ1) is 33.6. The molecule has 3 aromatic rings. The van der Waals surface area contributed by atoms with E-state index in [4.69, 9.17) is 19.7 Å². The number of nitrogens with two attached hydrogens (primary N) is 1. The molecule has 12 heteroatoms. The fourth-order valence-electron chi connectivity index (χ4n) is 4.35. The first-order valence-electron chi connectivity index (χ1n) is 14.7. The zero-order valence-electron chi connectivity index (χ0n) is 24.4. The smallest absolute Gasteiger partial charge is 0.353 e. The van der Waals surface area contributed by atoms with Crippen LogP contribution in [0.5, 0.6) is 0 Å². The van der Waals surface area contributed by atoms with Crippen molar-refractivity contribution >= 4 is 24.6 Å². The van der Waals surface area contributed by atoms with Gasteiger partial charge in [0.2, 0.25) is 0 Å². The Labute approximate surface area is 247 Å². The highest BCUT2D eigenvalue weighted by molar-refractivity contribution is 7.52. The van der Waals surface area contributed by atoms with E-state index in [0.717, 1.165) is 31.2 Å². The third-order valence-corrected chi connectivity index (χ3v) is 7.64. The summed E-state index contributed by atoms with van der Waals surface area (Å²) in [6.45, 7) is 3.07.